The molecule has 0 aliphatic heterocycles. The number of rotatable bonds is 8. The number of hydrogen-bond acceptors (Lipinski definition) is 6. The van der Waals surface area contributed by atoms with Crippen LogP contribution in [-0.4, -0.2) is 40.4 Å². The third-order valence-electron chi connectivity index (χ3n) is 5.35. The molecule has 1 aromatic carbocycles. The molecule has 1 unspecified atom stereocenters. The molecule has 26 heavy (non-hydrogen) atoms. The average Bonchev–Trinajstić information content (AvgIpc) is 2.63. The van der Waals surface area contributed by atoms with E-state index in [9.17, 15) is 9.59 Å². The fourth-order valence-corrected chi connectivity index (χ4v) is 3.23. The topological polar surface area (TPSA) is 71.1 Å². The third kappa shape index (κ3) is 3.94. The predicted octanol–water partition coefficient (Wildman–Crippen LogP) is 3.42. The van der Waals surface area contributed by atoms with Crippen LogP contribution in [0.3, 0.4) is 0 Å². The number of methoxy groups -OCH3 is 4. The van der Waals surface area contributed by atoms with Crippen LogP contribution in [0, 0.1) is 12.3 Å². The Morgan fingerprint density at radius 1 is 0.962 bits per heavy atom. The highest BCUT2D eigenvalue weighted by molar-refractivity contribution is 5.79. The normalized spacial score (nSPS) is 13.5. The number of esters is 2. The zero-order valence-electron chi connectivity index (χ0n) is 17.0. The van der Waals surface area contributed by atoms with E-state index in [2.05, 4.69) is 0 Å². The summed E-state index contributed by atoms with van der Waals surface area (Å²) >= 11 is 0. The second kappa shape index (κ2) is 8.43. The van der Waals surface area contributed by atoms with Crippen molar-refractivity contribution in [1.29, 1.82) is 0 Å². The van der Waals surface area contributed by atoms with Crippen molar-refractivity contribution in [3.05, 3.63) is 23.3 Å². The summed E-state index contributed by atoms with van der Waals surface area (Å²) in [6.07, 6.45) is 0.539. The summed E-state index contributed by atoms with van der Waals surface area (Å²) < 4.78 is 20.9. The van der Waals surface area contributed by atoms with Gasteiger partial charge in [-0.3, -0.25) is 9.59 Å². The number of hydrogen-bond donors (Lipinski definition) is 0. The summed E-state index contributed by atoms with van der Waals surface area (Å²) in [7, 11) is 5.83. The van der Waals surface area contributed by atoms with E-state index in [1.54, 1.807) is 14.2 Å². The van der Waals surface area contributed by atoms with Crippen LogP contribution in [0.5, 0.6) is 11.5 Å². The first-order valence-corrected chi connectivity index (χ1v) is 8.47. The second-order valence-electron chi connectivity index (χ2n) is 7.07. The second-order valence-corrected chi connectivity index (χ2v) is 7.07. The Morgan fingerprint density at radius 2 is 1.58 bits per heavy atom. The van der Waals surface area contributed by atoms with Gasteiger partial charge in [0, 0.05) is 17.4 Å². The van der Waals surface area contributed by atoms with Gasteiger partial charge in [-0.2, -0.15) is 0 Å². The molecule has 1 aromatic rings. The van der Waals surface area contributed by atoms with Crippen LogP contribution in [0.1, 0.15) is 44.7 Å². The third-order valence-corrected chi connectivity index (χ3v) is 5.35. The van der Waals surface area contributed by atoms with Gasteiger partial charge in [-0.15, -0.1) is 0 Å². The van der Waals surface area contributed by atoms with E-state index in [1.807, 2.05) is 39.8 Å². The summed E-state index contributed by atoms with van der Waals surface area (Å²) in [4.78, 5) is 24.4. The summed E-state index contributed by atoms with van der Waals surface area (Å²) in [5, 5.41) is 0. The lowest BCUT2D eigenvalue weighted by Crippen LogP contribution is -2.46. The maximum atomic E-state index is 12.6. The van der Waals surface area contributed by atoms with Gasteiger partial charge in [0.05, 0.1) is 33.9 Å². The van der Waals surface area contributed by atoms with Crippen LogP contribution >= 0.6 is 0 Å². The molecule has 146 valence electrons. The Balaban J connectivity index is 3.68. The Kier molecular flexibility index (Phi) is 7.07. The molecule has 0 fully saturated rings. The molecule has 0 saturated carbocycles. The van der Waals surface area contributed by atoms with Crippen LogP contribution in [-0.2, 0) is 24.5 Å². The number of carbonyl (C=O) groups is 2. The van der Waals surface area contributed by atoms with Gasteiger partial charge in [0.2, 0.25) is 0 Å². The molecule has 0 aliphatic rings. The van der Waals surface area contributed by atoms with Gasteiger partial charge in [0.1, 0.15) is 0 Å². The molecule has 0 spiro atoms. The highest BCUT2D eigenvalue weighted by Gasteiger charge is 2.50. The highest BCUT2D eigenvalue weighted by atomic mass is 16.5. The monoisotopic (exact) mass is 366 g/mol. The molecular formula is C20H30O6. The van der Waals surface area contributed by atoms with Gasteiger partial charge >= 0.3 is 11.9 Å². The van der Waals surface area contributed by atoms with E-state index >= 15 is 0 Å². The summed E-state index contributed by atoms with van der Waals surface area (Å²) in [6.45, 7) is 7.50. The van der Waals surface area contributed by atoms with Crippen LogP contribution in [0.4, 0.5) is 0 Å². The van der Waals surface area contributed by atoms with Crippen molar-refractivity contribution in [2.45, 2.75) is 46.0 Å². The first-order chi connectivity index (χ1) is 12.1. The molecule has 0 N–H and O–H groups in total. The van der Waals surface area contributed by atoms with Gasteiger partial charge in [0.15, 0.2) is 11.5 Å². The van der Waals surface area contributed by atoms with Crippen LogP contribution in [0.25, 0.3) is 0 Å². The maximum Gasteiger partial charge on any atom is 0.312 e. The van der Waals surface area contributed by atoms with Crippen molar-refractivity contribution in [3.63, 3.8) is 0 Å². The van der Waals surface area contributed by atoms with E-state index in [4.69, 9.17) is 18.9 Å². The fourth-order valence-electron chi connectivity index (χ4n) is 3.23. The highest BCUT2D eigenvalue weighted by Crippen LogP contribution is 2.51. The van der Waals surface area contributed by atoms with Gasteiger partial charge < -0.3 is 18.9 Å². The van der Waals surface area contributed by atoms with Crippen LogP contribution in [0.15, 0.2) is 12.1 Å². The summed E-state index contributed by atoms with van der Waals surface area (Å²) in [5.41, 5.74) is 0.0552. The molecule has 0 radical (unpaired) electrons. The van der Waals surface area contributed by atoms with Gasteiger partial charge in [0.25, 0.3) is 0 Å². The smallest absolute Gasteiger partial charge is 0.312 e. The minimum absolute atomic E-state index is 0.160. The Morgan fingerprint density at radius 3 is 2.04 bits per heavy atom. The molecule has 1 atom stereocenters. The van der Waals surface area contributed by atoms with Crippen molar-refractivity contribution in [2.75, 3.05) is 28.4 Å². The lowest BCUT2D eigenvalue weighted by molar-refractivity contribution is -0.156. The number of aryl methyl sites for hydroxylation is 1. The average molecular weight is 366 g/mol. The van der Waals surface area contributed by atoms with E-state index in [-0.39, 0.29) is 18.4 Å². The number of ether oxygens (including phenoxy) is 4. The van der Waals surface area contributed by atoms with Gasteiger partial charge in [-0.25, -0.2) is 0 Å². The van der Waals surface area contributed by atoms with E-state index in [0.717, 1.165) is 11.1 Å². The zero-order chi connectivity index (χ0) is 20.1. The largest absolute Gasteiger partial charge is 0.493 e. The molecule has 0 heterocycles. The van der Waals surface area contributed by atoms with E-state index < -0.39 is 10.8 Å². The van der Waals surface area contributed by atoms with E-state index in [0.29, 0.717) is 17.9 Å². The number of benzene rings is 1. The Bertz CT molecular complexity index is 665. The lowest BCUT2D eigenvalue weighted by atomic mass is 9.60. The molecule has 0 aromatic heterocycles. The lowest BCUT2D eigenvalue weighted by Gasteiger charge is -2.43. The van der Waals surface area contributed by atoms with Crippen LogP contribution in [0.2, 0.25) is 0 Å². The molecule has 6 nitrogen and oxygen atoms in total. The fraction of sp³-hybridized carbons (Fsp3) is 0.600. The van der Waals surface area contributed by atoms with Crippen molar-refractivity contribution in [2.24, 2.45) is 5.41 Å². The maximum absolute atomic E-state index is 12.6. The van der Waals surface area contributed by atoms with E-state index in [1.165, 1.54) is 14.2 Å². The minimum Gasteiger partial charge on any atom is -0.493 e. The number of carbonyl (C=O) groups excluding carboxylic acids is 2. The standard InChI is InChI=1S/C20H30O6/c1-13-11-14(17(25-7)15(12-13)23-5)20(4,10-9-16(21)24-6)19(2,3)18(22)26-8/h11-12H,9-10H2,1-8H3. The first-order valence-electron chi connectivity index (χ1n) is 8.47. The van der Waals surface area contributed by atoms with Crippen molar-refractivity contribution in [1.82, 2.24) is 0 Å². The molecule has 0 aliphatic carbocycles. The minimum atomic E-state index is -0.929. The molecule has 0 bridgehead atoms. The van der Waals surface area contributed by atoms with Crippen molar-refractivity contribution < 1.29 is 28.5 Å². The quantitative estimate of drug-likeness (QED) is 0.657. The summed E-state index contributed by atoms with van der Waals surface area (Å²) in [6, 6.07) is 3.83. The SMILES string of the molecule is COC(=O)CCC(C)(c1cc(C)cc(OC)c1OC)C(C)(C)C(=O)OC. The van der Waals surface area contributed by atoms with Gasteiger partial charge in [-0.05, 0) is 38.8 Å². The molecular weight excluding hydrogens is 336 g/mol. The zero-order valence-corrected chi connectivity index (χ0v) is 17.0. The summed E-state index contributed by atoms with van der Waals surface area (Å²) in [5.74, 6) is 0.415. The van der Waals surface area contributed by atoms with Crippen LogP contribution < -0.4 is 9.47 Å². The Hall–Kier alpha value is -2.24. The molecule has 0 amide bonds. The predicted molar refractivity (Wildman–Crippen MR) is 98.7 cm³/mol. The van der Waals surface area contributed by atoms with Crippen molar-refractivity contribution in [3.8, 4) is 11.5 Å². The molecule has 1 rings (SSSR count). The molecule has 0 saturated heterocycles. The van der Waals surface area contributed by atoms with Gasteiger partial charge in [-0.1, -0.05) is 13.0 Å². The first kappa shape index (κ1) is 21.8. The molecule has 6 heteroatoms. The van der Waals surface area contributed by atoms with Crippen molar-refractivity contribution >= 4 is 11.9 Å². The Labute approximate surface area is 155 Å².